The zero-order valence-corrected chi connectivity index (χ0v) is 30.7. The maximum atomic E-state index is 12.5. The smallest absolute Gasteiger partial charge is 0.362 e. The van der Waals surface area contributed by atoms with E-state index in [2.05, 4.69) is 50.3 Å². The first kappa shape index (κ1) is 44.5. The molecule has 0 aliphatic heterocycles. The number of hydrogen-bond donors (Lipinski definition) is 1. The van der Waals surface area contributed by atoms with Crippen molar-refractivity contribution < 1.29 is 38.2 Å². The third kappa shape index (κ3) is 29.4. The molecule has 8 heteroatoms. The lowest BCUT2D eigenvalue weighted by atomic mass is 10.1. The molecule has 0 saturated carbocycles. The first-order valence-electron chi connectivity index (χ1n) is 18.5. The average molecular weight is 665 g/mol. The number of aliphatic carboxylic acids is 1. The Hall–Kier alpha value is -2.45. The van der Waals surface area contributed by atoms with Crippen LogP contribution in [0.3, 0.4) is 0 Å². The standard InChI is InChI=1S/C39H69NO7/c1-6-8-10-12-14-15-16-17-18-19-20-21-22-24-25-27-29-37(41)46-34-35(33-45-32-31-36(39(43)44)40(3,4)5)47-38(42)30-28-26-23-13-11-9-7-2/h8,10,14-15,17-18,35-36H,6-7,9,11-13,16,19-34H2,1-5H3/p+1/b10-8+,15-14+,18-17+. The van der Waals surface area contributed by atoms with Gasteiger partial charge in [0.05, 0.1) is 34.4 Å². The number of allylic oxidation sites excluding steroid dienone is 6. The predicted molar refractivity (Wildman–Crippen MR) is 192 cm³/mol. The monoisotopic (exact) mass is 665 g/mol. The number of carboxylic acid groups (broad SMARTS) is 1. The lowest BCUT2D eigenvalue weighted by Crippen LogP contribution is -2.50. The second-order valence-corrected chi connectivity index (χ2v) is 13.5. The van der Waals surface area contributed by atoms with Gasteiger partial charge in [-0.25, -0.2) is 4.79 Å². The number of quaternary nitrogens is 1. The molecule has 8 nitrogen and oxygen atoms in total. The summed E-state index contributed by atoms with van der Waals surface area (Å²) in [5.41, 5.74) is 0. The van der Waals surface area contributed by atoms with Crippen molar-refractivity contribution in [2.24, 2.45) is 0 Å². The fourth-order valence-electron chi connectivity index (χ4n) is 5.16. The van der Waals surface area contributed by atoms with Crippen LogP contribution in [0.15, 0.2) is 36.5 Å². The molecule has 272 valence electrons. The first-order chi connectivity index (χ1) is 22.6. The minimum Gasteiger partial charge on any atom is -0.477 e. The molecule has 0 aromatic rings. The molecule has 0 aliphatic rings. The van der Waals surface area contributed by atoms with Crippen LogP contribution in [0.4, 0.5) is 0 Å². The summed E-state index contributed by atoms with van der Waals surface area (Å²) in [7, 11) is 5.50. The van der Waals surface area contributed by atoms with E-state index < -0.39 is 18.1 Å². The van der Waals surface area contributed by atoms with Crippen molar-refractivity contribution in [1.82, 2.24) is 0 Å². The molecule has 2 unspecified atom stereocenters. The summed E-state index contributed by atoms with van der Waals surface area (Å²) in [5, 5.41) is 9.55. The molecule has 2 atom stereocenters. The maximum absolute atomic E-state index is 12.5. The Bertz CT molecular complexity index is 875. The number of carbonyl (C=O) groups is 3. The van der Waals surface area contributed by atoms with Crippen molar-refractivity contribution in [2.75, 3.05) is 41.0 Å². The molecule has 0 rings (SSSR count). The summed E-state index contributed by atoms with van der Waals surface area (Å²) in [6.07, 6.45) is 32.0. The summed E-state index contributed by atoms with van der Waals surface area (Å²) in [6.45, 7) is 4.55. The fourth-order valence-corrected chi connectivity index (χ4v) is 5.16. The molecular formula is C39H70NO7+. The van der Waals surface area contributed by atoms with Crippen LogP contribution in [0.5, 0.6) is 0 Å². The van der Waals surface area contributed by atoms with Gasteiger partial charge < -0.3 is 23.8 Å². The highest BCUT2D eigenvalue weighted by molar-refractivity contribution is 5.72. The van der Waals surface area contributed by atoms with E-state index in [1.807, 2.05) is 21.1 Å². The maximum Gasteiger partial charge on any atom is 0.362 e. The van der Waals surface area contributed by atoms with Gasteiger partial charge in [-0.05, 0) is 44.9 Å². The molecule has 0 radical (unpaired) electrons. The third-order valence-electron chi connectivity index (χ3n) is 8.05. The van der Waals surface area contributed by atoms with E-state index in [0.717, 1.165) is 70.6 Å². The lowest BCUT2D eigenvalue weighted by Gasteiger charge is -2.31. The summed E-state index contributed by atoms with van der Waals surface area (Å²) >= 11 is 0. The number of esters is 2. The van der Waals surface area contributed by atoms with Crippen LogP contribution in [0, 0.1) is 0 Å². The highest BCUT2D eigenvalue weighted by Crippen LogP contribution is 2.13. The van der Waals surface area contributed by atoms with E-state index in [4.69, 9.17) is 14.2 Å². The highest BCUT2D eigenvalue weighted by Gasteiger charge is 2.31. The quantitative estimate of drug-likeness (QED) is 0.0331. The van der Waals surface area contributed by atoms with Crippen molar-refractivity contribution in [2.45, 2.75) is 154 Å². The number of unbranched alkanes of at least 4 members (excludes halogenated alkanes) is 12. The molecular weight excluding hydrogens is 594 g/mol. The van der Waals surface area contributed by atoms with Crippen LogP contribution in [-0.2, 0) is 28.6 Å². The van der Waals surface area contributed by atoms with E-state index >= 15 is 0 Å². The lowest BCUT2D eigenvalue weighted by molar-refractivity contribution is -0.887. The number of carboxylic acids is 1. The van der Waals surface area contributed by atoms with Crippen molar-refractivity contribution in [1.29, 1.82) is 0 Å². The van der Waals surface area contributed by atoms with E-state index in [1.54, 1.807) is 0 Å². The van der Waals surface area contributed by atoms with Gasteiger partial charge in [-0.2, -0.15) is 0 Å². The predicted octanol–water partition coefficient (Wildman–Crippen LogP) is 9.13. The number of likely N-dealkylation sites (N-methyl/N-ethyl adjacent to an activating group) is 1. The Labute approximate surface area is 287 Å². The van der Waals surface area contributed by atoms with Crippen molar-refractivity contribution in [3.05, 3.63) is 36.5 Å². The molecule has 47 heavy (non-hydrogen) atoms. The van der Waals surface area contributed by atoms with Gasteiger partial charge in [0.15, 0.2) is 12.1 Å². The molecule has 0 aliphatic carbocycles. The van der Waals surface area contributed by atoms with Gasteiger partial charge in [0.2, 0.25) is 0 Å². The van der Waals surface area contributed by atoms with Gasteiger partial charge in [0.1, 0.15) is 6.61 Å². The highest BCUT2D eigenvalue weighted by atomic mass is 16.6. The summed E-state index contributed by atoms with van der Waals surface area (Å²) in [4.78, 5) is 36.6. The van der Waals surface area contributed by atoms with Gasteiger partial charge in [-0.1, -0.05) is 115 Å². The Morgan fingerprint density at radius 2 is 1.19 bits per heavy atom. The average Bonchev–Trinajstić information content (AvgIpc) is 3.01. The molecule has 0 aromatic heterocycles. The van der Waals surface area contributed by atoms with Crippen LogP contribution >= 0.6 is 0 Å². The van der Waals surface area contributed by atoms with Crippen molar-refractivity contribution >= 4 is 17.9 Å². The first-order valence-corrected chi connectivity index (χ1v) is 18.5. The second-order valence-electron chi connectivity index (χ2n) is 13.5. The van der Waals surface area contributed by atoms with Crippen LogP contribution in [0.1, 0.15) is 142 Å². The SMILES string of the molecule is CC/C=C/C/C=C/C/C=C/CCCCCCCCC(=O)OCC(COCCC(C(=O)O)[N+](C)(C)C)OC(=O)CCCCCCCCC. The van der Waals surface area contributed by atoms with Gasteiger partial charge >= 0.3 is 17.9 Å². The Morgan fingerprint density at radius 1 is 0.660 bits per heavy atom. The Balaban J connectivity index is 4.35. The Morgan fingerprint density at radius 3 is 1.77 bits per heavy atom. The number of ether oxygens (including phenoxy) is 3. The van der Waals surface area contributed by atoms with Crippen LogP contribution in [-0.4, -0.2) is 80.6 Å². The number of rotatable bonds is 32. The minimum atomic E-state index is -0.879. The zero-order valence-electron chi connectivity index (χ0n) is 30.7. The van der Waals surface area contributed by atoms with E-state index in [9.17, 15) is 19.5 Å². The fraction of sp³-hybridized carbons (Fsp3) is 0.769. The second kappa shape index (κ2) is 30.9. The van der Waals surface area contributed by atoms with Crippen LogP contribution in [0.25, 0.3) is 0 Å². The summed E-state index contributed by atoms with van der Waals surface area (Å²) in [5.74, 6) is -1.49. The van der Waals surface area contributed by atoms with Gasteiger partial charge in [0.25, 0.3) is 0 Å². The topological polar surface area (TPSA) is 99.1 Å². The van der Waals surface area contributed by atoms with Gasteiger partial charge in [-0.15, -0.1) is 0 Å². The molecule has 0 bridgehead atoms. The van der Waals surface area contributed by atoms with E-state index in [-0.39, 0.29) is 36.2 Å². The number of nitrogens with zero attached hydrogens (tertiary/aromatic N) is 1. The van der Waals surface area contributed by atoms with E-state index in [0.29, 0.717) is 19.3 Å². The molecule has 0 amide bonds. The van der Waals surface area contributed by atoms with Crippen LogP contribution < -0.4 is 0 Å². The molecule has 1 N–H and O–H groups in total. The normalized spacial score (nSPS) is 13.5. The Kier molecular flexibility index (Phi) is 29.2. The summed E-state index contributed by atoms with van der Waals surface area (Å²) in [6, 6.07) is -0.612. The van der Waals surface area contributed by atoms with Gasteiger partial charge in [-0.3, -0.25) is 9.59 Å². The third-order valence-corrected chi connectivity index (χ3v) is 8.05. The molecule has 0 saturated heterocycles. The van der Waals surface area contributed by atoms with Crippen molar-refractivity contribution in [3.63, 3.8) is 0 Å². The number of hydrogen-bond acceptors (Lipinski definition) is 6. The molecule has 0 spiro atoms. The number of carbonyl (C=O) groups excluding carboxylic acids is 2. The zero-order chi connectivity index (χ0) is 35.0. The molecule has 0 fully saturated rings. The largest absolute Gasteiger partial charge is 0.477 e. The molecule has 0 aromatic carbocycles. The summed E-state index contributed by atoms with van der Waals surface area (Å²) < 4.78 is 17.1. The van der Waals surface area contributed by atoms with E-state index in [1.165, 1.54) is 38.5 Å². The minimum absolute atomic E-state index is 0.0570. The molecule has 0 heterocycles. The van der Waals surface area contributed by atoms with Crippen LogP contribution in [0.2, 0.25) is 0 Å². The van der Waals surface area contributed by atoms with Crippen molar-refractivity contribution in [3.8, 4) is 0 Å². The van der Waals surface area contributed by atoms with Gasteiger partial charge in [0, 0.05) is 19.3 Å².